The van der Waals surface area contributed by atoms with E-state index in [1.54, 1.807) is 30.6 Å². The lowest BCUT2D eigenvalue weighted by molar-refractivity contribution is 0.0410. The molecular formula is C21H18ClN5O3S. The summed E-state index contributed by atoms with van der Waals surface area (Å²) < 4.78 is 11.4. The number of ether oxygens (including phenoxy) is 2. The quantitative estimate of drug-likeness (QED) is 0.568. The summed E-state index contributed by atoms with van der Waals surface area (Å²) in [6.07, 6.45) is 7.49. The number of benzene rings is 1. The fourth-order valence-electron chi connectivity index (χ4n) is 3.47. The van der Waals surface area contributed by atoms with Gasteiger partial charge in [-0.15, -0.1) is 5.10 Å². The number of amides is 1. The van der Waals surface area contributed by atoms with Crippen LogP contribution < -0.4 is 15.0 Å². The first-order valence-electron chi connectivity index (χ1n) is 9.70. The third-order valence-corrected chi connectivity index (χ3v) is 6.10. The van der Waals surface area contributed by atoms with Crippen molar-refractivity contribution in [1.29, 1.82) is 0 Å². The molecule has 158 valence electrons. The van der Waals surface area contributed by atoms with E-state index in [0.29, 0.717) is 40.7 Å². The van der Waals surface area contributed by atoms with Crippen LogP contribution in [0, 0.1) is 0 Å². The van der Waals surface area contributed by atoms with E-state index in [1.807, 2.05) is 18.2 Å². The van der Waals surface area contributed by atoms with E-state index in [2.05, 4.69) is 31.5 Å². The monoisotopic (exact) mass is 455 g/mol. The third-order valence-electron chi connectivity index (χ3n) is 5.09. The molecule has 2 atom stereocenters. The molecule has 1 amide bonds. The van der Waals surface area contributed by atoms with Gasteiger partial charge < -0.3 is 14.4 Å². The fourth-order valence-corrected chi connectivity index (χ4v) is 4.19. The van der Waals surface area contributed by atoms with Crippen molar-refractivity contribution in [1.82, 2.24) is 15.2 Å². The van der Waals surface area contributed by atoms with Crippen LogP contribution in [-0.4, -0.2) is 46.4 Å². The highest BCUT2D eigenvalue weighted by molar-refractivity contribution is 7.17. The van der Waals surface area contributed by atoms with Gasteiger partial charge in [0.1, 0.15) is 6.61 Å². The number of rotatable bonds is 6. The van der Waals surface area contributed by atoms with Crippen molar-refractivity contribution in [3.05, 3.63) is 71.0 Å². The number of fused-ring (bicyclic) bond motifs is 1. The number of morpholine rings is 1. The van der Waals surface area contributed by atoms with E-state index >= 15 is 0 Å². The molecule has 1 aliphatic heterocycles. The molecule has 2 aromatic heterocycles. The van der Waals surface area contributed by atoms with Crippen LogP contribution in [0.2, 0.25) is 5.02 Å². The molecule has 8 nitrogen and oxygen atoms in total. The number of hydrogen-bond acceptors (Lipinski definition) is 8. The predicted molar refractivity (Wildman–Crippen MR) is 118 cm³/mol. The molecule has 1 aromatic carbocycles. The highest BCUT2D eigenvalue weighted by atomic mass is 35.5. The number of carbonyl (C=O) groups excluding carboxylic acids is 1. The van der Waals surface area contributed by atoms with Gasteiger partial charge in [-0.25, -0.2) is 0 Å². The van der Waals surface area contributed by atoms with Crippen molar-refractivity contribution < 1.29 is 14.3 Å². The Morgan fingerprint density at radius 3 is 2.94 bits per heavy atom. The van der Waals surface area contributed by atoms with Crippen LogP contribution in [0.5, 0.6) is 5.19 Å². The summed E-state index contributed by atoms with van der Waals surface area (Å²) in [5, 5.41) is 12.2. The smallest absolute Gasteiger partial charge is 0.296 e. The fraction of sp³-hybridized carbons (Fsp3) is 0.238. The summed E-state index contributed by atoms with van der Waals surface area (Å²) in [4.78, 5) is 19.3. The van der Waals surface area contributed by atoms with Crippen LogP contribution in [0.25, 0.3) is 0 Å². The number of hydrogen-bond donors (Lipinski definition) is 1. The second-order valence-corrected chi connectivity index (χ2v) is 8.42. The van der Waals surface area contributed by atoms with E-state index in [-0.39, 0.29) is 18.1 Å². The average molecular weight is 456 g/mol. The van der Waals surface area contributed by atoms with Gasteiger partial charge >= 0.3 is 0 Å². The second-order valence-electron chi connectivity index (χ2n) is 7.04. The maximum Gasteiger partial charge on any atom is 0.296 e. The molecule has 0 spiro atoms. The van der Waals surface area contributed by atoms with Gasteiger partial charge in [0.25, 0.3) is 11.1 Å². The maximum atomic E-state index is 13.0. The van der Waals surface area contributed by atoms with Crippen molar-refractivity contribution >= 4 is 39.7 Å². The van der Waals surface area contributed by atoms with Gasteiger partial charge in [-0.1, -0.05) is 41.0 Å². The summed E-state index contributed by atoms with van der Waals surface area (Å²) in [7, 11) is 0. The lowest BCUT2D eigenvalue weighted by Crippen LogP contribution is -2.54. The lowest BCUT2D eigenvalue weighted by atomic mass is 9.95. The number of aromatic nitrogens is 3. The molecule has 1 fully saturated rings. The number of halogens is 1. The zero-order valence-electron chi connectivity index (χ0n) is 16.3. The minimum atomic E-state index is -0.274. The van der Waals surface area contributed by atoms with E-state index < -0.39 is 0 Å². The zero-order chi connectivity index (χ0) is 21.2. The Balaban J connectivity index is 1.26. The van der Waals surface area contributed by atoms with E-state index in [9.17, 15) is 4.79 Å². The van der Waals surface area contributed by atoms with Crippen LogP contribution >= 0.6 is 22.9 Å². The van der Waals surface area contributed by atoms with E-state index in [4.69, 9.17) is 21.1 Å². The molecule has 1 aliphatic carbocycles. The summed E-state index contributed by atoms with van der Waals surface area (Å²) in [6, 6.07) is 9.19. The van der Waals surface area contributed by atoms with Crippen molar-refractivity contribution in [2.75, 3.05) is 23.4 Å². The standard InChI is InChI=1S/C21H18ClN5O3S/c22-14-3-1-13(2-4-14)12-30-21-26-25-20(31-21)24-19(28)15-7-8-23-11-17(15)27-9-10-29-18-6-5-16(18)27/h1-8,11,16,18H,9-10,12H2,(H,24,25,28)/t16-,18+/m1/s1. The molecule has 2 aliphatic rings. The molecular weight excluding hydrogens is 438 g/mol. The van der Waals surface area contributed by atoms with Gasteiger partial charge in [-0.2, -0.15) is 0 Å². The van der Waals surface area contributed by atoms with Crippen molar-refractivity contribution in [2.24, 2.45) is 0 Å². The van der Waals surface area contributed by atoms with Crippen molar-refractivity contribution in [3.63, 3.8) is 0 Å². The van der Waals surface area contributed by atoms with Crippen LogP contribution in [0.15, 0.2) is 54.9 Å². The third kappa shape index (κ3) is 4.25. The molecule has 3 heterocycles. The highest BCUT2D eigenvalue weighted by Crippen LogP contribution is 2.32. The van der Waals surface area contributed by atoms with Gasteiger partial charge in [0.2, 0.25) is 5.13 Å². The van der Waals surface area contributed by atoms with Gasteiger partial charge in [0.15, 0.2) is 0 Å². The van der Waals surface area contributed by atoms with Crippen LogP contribution in [-0.2, 0) is 11.3 Å². The van der Waals surface area contributed by atoms with E-state index in [0.717, 1.165) is 11.3 Å². The Hall–Kier alpha value is -3.01. The Bertz CT molecular complexity index is 1120. The Morgan fingerprint density at radius 2 is 2.13 bits per heavy atom. The van der Waals surface area contributed by atoms with Crippen molar-refractivity contribution in [2.45, 2.75) is 18.8 Å². The summed E-state index contributed by atoms with van der Waals surface area (Å²) in [6.45, 7) is 1.63. The minimum absolute atomic E-state index is 0.0633. The topological polar surface area (TPSA) is 89.5 Å². The second kappa shape index (κ2) is 8.62. The summed E-state index contributed by atoms with van der Waals surface area (Å²) in [5.74, 6) is -0.274. The lowest BCUT2D eigenvalue weighted by Gasteiger charge is -2.44. The first kappa shape index (κ1) is 19.9. The molecule has 1 saturated heterocycles. The summed E-state index contributed by atoms with van der Waals surface area (Å²) >= 11 is 7.06. The molecule has 1 N–H and O–H groups in total. The molecule has 31 heavy (non-hydrogen) atoms. The number of nitrogens with one attached hydrogen (secondary N) is 1. The number of carbonyl (C=O) groups is 1. The highest BCUT2D eigenvalue weighted by Gasteiger charge is 2.36. The average Bonchev–Trinajstić information content (AvgIpc) is 3.21. The molecule has 5 rings (SSSR count). The maximum absolute atomic E-state index is 13.0. The minimum Gasteiger partial charge on any atom is -0.464 e. The molecule has 0 saturated carbocycles. The van der Waals surface area contributed by atoms with Gasteiger partial charge in [0.05, 0.1) is 36.2 Å². The molecule has 0 bridgehead atoms. The van der Waals surface area contributed by atoms with Gasteiger partial charge in [0, 0.05) is 17.8 Å². The molecule has 0 unspecified atom stereocenters. The normalized spacial score (nSPS) is 19.5. The summed E-state index contributed by atoms with van der Waals surface area (Å²) in [5.41, 5.74) is 2.25. The Morgan fingerprint density at radius 1 is 1.26 bits per heavy atom. The van der Waals surface area contributed by atoms with Gasteiger partial charge in [-0.3, -0.25) is 15.1 Å². The SMILES string of the molecule is O=C(Nc1nnc(OCc2ccc(Cl)cc2)s1)c1ccncc1N1CCO[C@H]2C=C[C@H]21. The molecule has 3 aromatic rings. The molecule has 0 radical (unpaired) electrons. The van der Waals surface area contributed by atoms with Crippen molar-refractivity contribution in [3.8, 4) is 5.19 Å². The first-order chi connectivity index (χ1) is 15.2. The van der Waals surface area contributed by atoms with Crippen LogP contribution in [0.4, 0.5) is 10.8 Å². The largest absolute Gasteiger partial charge is 0.464 e. The van der Waals surface area contributed by atoms with Crippen LogP contribution in [0.3, 0.4) is 0 Å². The van der Waals surface area contributed by atoms with Gasteiger partial charge in [-0.05, 0) is 35.1 Å². The number of nitrogens with zero attached hydrogens (tertiary/aromatic N) is 4. The van der Waals surface area contributed by atoms with E-state index in [1.165, 1.54) is 11.3 Å². The Kier molecular flexibility index (Phi) is 5.54. The Labute approximate surface area is 187 Å². The predicted octanol–water partition coefficient (Wildman–Crippen LogP) is 3.56. The number of anilines is 2. The van der Waals surface area contributed by atoms with Crippen LogP contribution in [0.1, 0.15) is 15.9 Å². The zero-order valence-corrected chi connectivity index (χ0v) is 17.8. The molecule has 10 heteroatoms. The first-order valence-corrected chi connectivity index (χ1v) is 10.9. The number of pyridine rings is 1.